The van der Waals surface area contributed by atoms with Gasteiger partial charge in [0.05, 0.1) is 17.9 Å². The summed E-state index contributed by atoms with van der Waals surface area (Å²) < 4.78 is 0. The van der Waals surface area contributed by atoms with Crippen LogP contribution in [0.1, 0.15) is 22.8 Å². The SMILES string of the molecule is Br.CC(N)=NCc1ccc(C(=O)O)cc1. The lowest BCUT2D eigenvalue weighted by atomic mass is 10.1. The Kier molecular flexibility index (Phi) is 5.62. The normalized spacial score (nSPS) is 10.6. The molecule has 4 nitrogen and oxygen atoms in total. The number of nitrogens with two attached hydrogens (primary N) is 1. The Morgan fingerprint density at radius 1 is 1.40 bits per heavy atom. The quantitative estimate of drug-likeness (QED) is 0.651. The van der Waals surface area contributed by atoms with E-state index in [2.05, 4.69) is 4.99 Å². The van der Waals surface area contributed by atoms with E-state index in [4.69, 9.17) is 10.8 Å². The Morgan fingerprint density at radius 3 is 2.33 bits per heavy atom. The van der Waals surface area contributed by atoms with Crippen LogP contribution in [-0.2, 0) is 6.54 Å². The summed E-state index contributed by atoms with van der Waals surface area (Å²) in [6, 6.07) is 6.57. The number of hydrogen-bond donors (Lipinski definition) is 2. The van der Waals surface area contributed by atoms with E-state index in [1.807, 2.05) is 0 Å². The molecule has 0 fully saturated rings. The number of benzene rings is 1. The molecule has 0 bridgehead atoms. The van der Waals surface area contributed by atoms with Gasteiger partial charge in [0.1, 0.15) is 0 Å². The van der Waals surface area contributed by atoms with Gasteiger partial charge >= 0.3 is 5.97 Å². The second kappa shape index (κ2) is 6.19. The average Bonchev–Trinajstić information content (AvgIpc) is 2.15. The van der Waals surface area contributed by atoms with Crippen LogP contribution in [0.4, 0.5) is 0 Å². The lowest BCUT2D eigenvalue weighted by molar-refractivity contribution is 0.0697. The fraction of sp³-hybridized carbons (Fsp3) is 0.200. The number of aromatic carboxylic acids is 1. The molecule has 0 heterocycles. The van der Waals surface area contributed by atoms with Gasteiger partial charge in [0, 0.05) is 0 Å². The number of carboxylic acids is 1. The molecule has 0 saturated heterocycles. The van der Waals surface area contributed by atoms with Gasteiger partial charge in [-0.2, -0.15) is 0 Å². The number of rotatable bonds is 3. The number of aliphatic imine (C=N–C) groups is 1. The minimum atomic E-state index is -0.921. The first-order chi connectivity index (χ1) is 6.59. The Bertz CT molecular complexity index is 356. The van der Waals surface area contributed by atoms with Crippen LogP contribution in [-0.4, -0.2) is 16.9 Å². The van der Waals surface area contributed by atoms with Gasteiger partial charge in [-0.25, -0.2) is 4.79 Å². The van der Waals surface area contributed by atoms with E-state index < -0.39 is 5.97 Å². The summed E-state index contributed by atoms with van der Waals surface area (Å²) in [5, 5.41) is 8.65. The van der Waals surface area contributed by atoms with Crippen LogP contribution in [0, 0.1) is 0 Å². The van der Waals surface area contributed by atoms with E-state index in [-0.39, 0.29) is 22.5 Å². The first kappa shape index (κ1) is 13.6. The summed E-state index contributed by atoms with van der Waals surface area (Å²) in [5.74, 6) is -0.401. The maximum Gasteiger partial charge on any atom is 0.335 e. The van der Waals surface area contributed by atoms with Crippen LogP contribution >= 0.6 is 17.0 Å². The molecule has 1 aromatic carbocycles. The van der Waals surface area contributed by atoms with Crippen LogP contribution in [0.3, 0.4) is 0 Å². The van der Waals surface area contributed by atoms with Crippen molar-refractivity contribution in [2.45, 2.75) is 13.5 Å². The predicted octanol–water partition coefficient (Wildman–Crippen LogP) is 1.84. The van der Waals surface area contributed by atoms with E-state index >= 15 is 0 Å². The van der Waals surface area contributed by atoms with Gasteiger partial charge in [-0.05, 0) is 24.6 Å². The highest BCUT2D eigenvalue weighted by Crippen LogP contribution is 2.05. The van der Waals surface area contributed by atoms with E-state index in [1.54, 1.807) is 31.2 Å². The molecular weight excluding hydrogens is 260 g/mol. The fourth-order valence-corrected chi connectivity index (χ4v) is 0.969. The van der Waals surface area contributed by atoms with Crippen LogP contribution < -0.4 is 5.73 Å². The maximum absolute atomic E-state index is 10.5. The smallest absolute Gasteiger partial charge is 0.335 e. The molecular formula is C10H13BrN2O2. The van der Waals surface area contributed by atoms with Gasteiger partial charge < -0.3 is 10.8 Å². The minimum absolute atomic E-state index is 0. The van der Waals surface area contributed by atoms with Crippen molar-refractivity contribution >= 4 is 28.8 Å². The third kappa shape index (κ3) is 4.60. The first-order valence-corrected chi connectivity index (χ1v) is 4.18. The molecule has 0 aliphatic carbocycles. The highest BCUT2D eigenvalue weighted by Gasteiger charge is 2.00. The molecule has 0 radical (unpaired) electrons. The average molecular weight is 273 g/mol. The topological polar surface area (TPSA) is 75.7 Å². The van der Waals surface area contributed by atoms with Crippen LogP contribution in [0.5, 0.6) is 0 Å². The summed E-state index contributed by atoms with van der Waals surface area (Å²) >= 11 is 0. The van der Waals surface area contributed by atoms with E-state index in [1.165, 1.54) is 0 Å². The molecule has 82 valence electrons. The second-order valence-corrected chi connectivity index (χ2v) is 2.96. The van der Waals surface area contributed by atoms with Crippen molar-refractivity contribution in [3.63, 3.8) is 0 Å². The van der Waals surface area contributed by atoms with E-state index in [9.17, 15) is 4.79 Å². The summed E-state index contributed by atoms with van der Waals surface area (Å²) in [6.07, 6.45) is 0. The van der Waals surface area contributed by atoms with Gasteiger partial charge in [-0.3, -0.25) is 4.99 Å². The van der Waals surface area contributed by atoms with Crippen molar-refractivity contribution in [2.75, 3.05) is 0 Å². The molecule has 15 heavy (non-hydrogen) atoms. The summed E-state index contributed by atoms with van der Waals surface area (Å²) in [7, 11) is 0. The lowest BCUT2D eigenvalue weighted by Crippen LogP contribution is -2.05. The van der Waals surface area contributed by atoms with Crippen molar-refractivity contribution in [3.8, 4) is 0 Å². The molecule has 5 heteroatoms. The zero-order valence-corrected chi connectivity index (χ0v) is 10.0. The fourth-order valence-electron chi connectivity index (χ4n) is 0.969. The van der Waals surface area contributed by atoms with E-state index in [0.29, 0.717) is 12.4 Å². The van der Waals surface area contributed by atoms with Crippen LogP contribution in [0.25, 0.3) is 0 Å². The molecule has 1 aromatic rings. The number of amidine groups is 1. The third-order valence-electron chi connectivity index (χ3n) is 1.71. The number of carboxylic acid groups (broad SMARTS) is 1. The number of nitrogens with zero attached hydrogens (tertiary/aromatic N) is 1. The standard InChI is InChI=1S/C10H12N2O2.BrH/c1-7(11)12-6-8-2-4-9(5-3-8)10(13)14;/h2-5H,6H2,1H3,(H2,11,12)(H,13,14);1H. The molecule has 3 N–H and O–H groups in total. The highest BCUT2D eigenvalue weighted by atomic mass is 79.9. The Balaban J connectivity index is 0.00000196. The predicted molar refractivity (Wildman–Crippen MR) is 64.7 cm³/mol. The van der Waals surface area contributed by atoms with Gasteiger partial charge in [-0.1, -0.05) is 12.1 Å². The molecule has 0 saturated carbocycles. The molecule has 0 amide bonds. The van der Waals surface area contributed by atoms with Crippen molar-refractivity contribution in [2.24, 2.45) is 10.7 Å². The van der Waals surface area contributed by atoms with Crippen LogP contribution in [0.15, 0.2) is 29.3 Å². The van der Waals surface area contributed by atoms with Gasteiger partial charge in [0.15, 0.2) is 0 Å². The lowest BCUT2D eigenvalue weighted by Gasteiger charge is -1.98. The zero-order valence-electron chi connectivity index (χ0n) is 8.30. The maximum atomic E-state index is 10.5. The van der Waals surface area contributed by atoms with Crippen molar-refractivity contribution in [1.29, 1.82) is 0 Å². The highest BCUT2D eigenvalue weighted by molar-refractivity contribution is 8.93. The Hall–Kier alpha value is -1.36. The molecule has 0 aromatic heterocycles. The van der Waals surface area contributed by atoms with E-state index in [0.717, 1.165) is 5.56 Å². The van der Waals surface area contributed by atoms with Crippen molar-refractivity contribution < 1.29 is 9.90 Å². The Labute approximate surface area is 98.6 Å². The molecule has 0 unspecified atom stereocenters. The minimum Gasteiger partial charge on any atom is -0.478 e. The summed E-state index contributed by atoms with van der Waals surface area (Å²) in [5.41, 5.74) is 6.60. The van der Waals surface area contributed by atoms with Crippen molar-refractivity contribution in [3.05, 3.63) is 35.4 Å². The molecule has 0 aliphatic rings. The molecule has 0 aliphatic heterocycles. The number of halogens is 1. The first-order valence-electron chi connectivity index (χ1n) is 4.18. The second-order valence-electron chi connectivity index (χ2n) is 2.96. The molecule has 0 spiro atoms. The largest absolute Gasteiger partial charge is 0.478 e. The monoisotopic (exact) mass is 272 g/mol. The van der Waals surface area contributed by atoms with Gasteiger partial charge in [-0.15, -0.1) is 17.0 Å². The molecule has 1 rings (SSSR count). The Morgan fingerprint density at radius 2 is 1.93 bits per heavy atom. The number of hydrogen-bond acceptors (Lipinski definition) is 2. The van der Waals surface area contributed by atoms with Gasteiger partial charge in [0.2, 0.25) is 0 Å². The third-order valence-corrected chi connectivity index (χ3v) is 1.71. The summed E-state index contributed by atoms with van der Waals surface area (Å²) in [6.45, 7) is 2.20. The van der Waals surface area contributed by atoms with Gasteiger partial charge in [0.25, 0.3) is 0 Å². The molecule has 0 atom stereocenters. The zero-order chi connectivity index (χ0) is 10.6. The number of carbonyl (C=O) groups is 1. The van der Waals surface area contributed by atoms with Crippen LogP contribution in [0.2, 0.25) is 0 Å². The van der Waals surface area contributed by atoms with Crippen molar-refractivity contribution in [1.82, 2.24) is 0 Å². The summed E-state index contributed by atoms with van der Waals surface area (Å²) in [4.78, 5) is 14.5.